The van der Waals surface area contributed by atoms with Crippen molar-refractivity contribution in [2.75, 3.05) is 49.1 Å². The Kier molecular flexibility index (Phi) is 5.45. The first-order valence-electron chi connectivity index (χ1n) is 9.64. The van der Waals surface area contributed by atoms with E-state index in [1.807, 2.05) is 17.0 Å². The van der Waals surface area contributed by atoms with Crippen LogP contribution in [0, 0.1) is 5.82 Å². The number of hydrogen-bond acceptors (Lipinski definition) is 6. The molecule has 0 atom stereocenters. The molecule has 4 rings (SSSR count). The Bertz CT molecular complexity index is 908. The van der Waals surface area contributed by atoms with Gasteiger partial charge in [-0.05, 0) is 43.5 Å². The zero-order valence-electron chi connectivity index (χ0n) is 15.7. The summed E-state index contributed by atoms with van der Waals surface area (Å²) in [6.45, 7) is 3.58. The maximum absolute atomic E-state index is 13.9. The summed E-state index contributed by atoms with van der Waals surface area (Å²) in [5.41, 5.74) is 0. The number of benzene rings is 1. The van der Waals surface area contributed by atoms with Gasteiger partial charge in [0.15, 0.2) is 11.6 Å². The van der Waals surface area contributed by atoms with Crippen molar-refractivity contribution in [3.05, 3.63) is 42.2 Å². The summed E-state index contributed by atoms with van der Waals surface area (Å²) in [5, 5.41) is 8.70. The Hall–Kier alpha value is -2.26. The van der Waals surface area contributed by atoms with E-state index in [0.717, 1.165) is 24.7 Å². The molecule has 0 spiro atoms. The number of hydrogen-bond donors (Lipinski definition) is 0. The maximum Gasteiger partial charge on any atom is 0.246 e. The summed E-state index contributed by atoms with van der Waals surface area (Å²) in [5.74, 6) is 0.914. The fraction of sp³-hybridized carbons (Fsp3) is 0.474. The third-order valence-corrected chi connectivity index (χ3v) is 7.27. The van der Waals surface area contributed by atoms with E-state index in [-0.39, 0.29) is 18.0 Å². The molecule has 9 heteroatoms. The van der Waals surface area contributed by atoms with Crippen molar-refractivity contribution in [1.82, 2.24) is 14.5 Å². The van der Waals surface area contributed by atoms with Crippen molar-refractivity contribution in [2.45, 2.75) is 24.2 Å². The standard InChI is InChI=1S/C19H24FN5O2S/c20-16-6-2-3-7-17(16)28(26,27)25-14-12-24(13-15-25)19-9-8-18(21-22-19)23-10-4-1-5-11-23/h2-3,6-9H,1,4-5,10-15H2. The average Bonchev–Trinajstić information content (AvgIpc) is 2.75. The highest BCUT2D eigenvalue weighted by Crippen LogP contribution is 2.23. The first kappa shape index (κ1) is 19.1. The molecular weight excluding hydrogens is 381 g/mol. The molecule has 3 heterocycles. The van der Waals surface area contributed by atoms with E-state index in [0.29, 0.717) is 13.1 Å². The SMILES string of the molecule is O=S(=O)(c1ccccc1F)N1CCN(c2ccc(N3CCCCC3)nn2)CC1. The highest BCUT2D eigenvalue weighted by atomic mass is 32.2. The molecule has 2 aliphatic heterocycles. The van der Waals surface area contributed by atoms with Gasteiger partial charge < -0.3 is 9.80 Å². The minimum absolute atomic E-state index is 0.269. The molecule has 1 aromatic heterocycles. The molecule has 0 unspecified atom stereocenters. The quantitative estimate of drug-likeness (QED) is 0.776. The van der Waals surface area contributed by atoms with E-state index >= 15 is 0 Å². The maximum atomic E-state index is 13.9. The number of rotatable bonds is 4. The molecule has 0 bridgehead atoms. The summed E-state index contributed by atoms with van der Waals surface area (Å²) in [4.78, 5) is 3.99. The summed E-state index contributed by atoms with van der Waals surface area (Å²) in [6, 6.07) is 9.42. The minimum atomic E-state index is -3.83. The van der Waals surface area contributed by atoms with Crippen LogP contribution in [0.25, 0.3) is 0 Å². The van der Waals surface area contributed by atoms with Crippen LogP contribution in [0.2, 0.25) is 0 Å². The second kappa shape index (κ2) is 8.00. The van der Waals surface area contributed by atoms with Crippen molar-refractivity contribution < 1.29 is 12.8 Å². The van der Waals surface area contributed by atoms with Gasteiger partial charge in [-0.3, -0.25) is 0 Å². The van der Waals surface area contributed by atoms with Crippen LogP contribution in [0.4, 0.5) is 16.0 Å². The van der Waals surface area contributed by atoms with E-state index < -0.39 is 15.8 Å². The highest BCUT2D eigenvalue weighted by molar-refractivity contribution is 7.89. The zero-order chi connectivity index (χ0) is 19.6. The molecule has 0 radical (unpaired) electrons. The molecule has 2 saturated heterocycles. The van der Waals surface area contributed by atoms with Gasteiger partial charge >= 0.3 is 0 Å². The second-order valence-electron chi connectivity index (χ2n) is 7.12. The molecular formula is C19H24FN5O2S. The van der Waals surface area contributed by atoms with Crippen LogP contribution >= 0.6 is 0 Å². The summed E-state index contributed by atoms with van der Waals surface area (Å²) >= 11 is 0. The van der Waals surface area contributed by atoms with Gasteiger partial charge in [0.2, 0.25) is 10.0 Å². The number of piperazine rings is 1. The number of anilines is 2. The lowest BCUT2D eigenvalue weighted by Crippen LogP contribution is -2.49. The molecule has 0 saturated carbocycles. The second-order valence-corrected chi connectivity index (χ2v) is 9.03. The predicted octanol–water partition coefficient (Wildman–Crippen LogP) is 2.12. The van der Waals surface area contributed by atoms with Crippen LogP contribution in [0.5, 0.6) is 0 Å². The number of halogens is 1. The van der Waals surface area contributed by atoms with Gasteiger partial charge in [0.05, 0.1) is 0 Å². The molecule has 7 nitrogen and oxygen atoms in total. The third kappa shape index (κ3) is 3.81. The van der Waals surface area contributed by atoms with Crippen LogP contribution in [-0.4, -0.2) is 62.2 Å². The number of aromatic nitrogens is 2. The van der Waals surface area contributed by atoms with Gasteiger partial charge in [-0.25, -0.2) is 12.8 Å². The summed E-state index contributed by atoms with van der Waals surface area (Å²) in [6.07, 6.45) is 3.63. The van der Waals surface area contributed by atoms with Crippen molar-refractivity contribution in [2.24, 2.45) is 0 Å². The summed E-state index contributed by atoms with van der Waals surface area (Å²) < 4.78 is 40.7. The normalized spacial score (nSPS) is 19.0. The zero-order valence-corrected chi connectivity index (χ0v) is 16.5. The Morgan fingerprint density at radius 3 is 1.89 bits per heavy atom. The molecule has 1 aromatic carbocycles. The number of piperidine rings is 1. The van der Waals surface area contributed by atoms with E-state index in [2.05, 4.69) is 15.1 Å². The molecule has 28 heavy (non-hydrogen) atoms. The van der Waals surface area contributed by atoms with Crippen LogP contribution in [0.1, 0.15) is 19.3 Å². The van der Waals surface area contributed by atoms with Crippen molar-refractivity contribution in [3.63, 3.8) is 0 Å². The van der Waals surface area contributed by atoms with Crippen LogP contribution in [-0.2, 0) is 10.0 Å². The van der Waals surface area contributed by atoms with Gasteiger partial charge in [0.25, 0.3) is 0 Å². The van der Waals surface area contributed by atoms with Crippen LogP contribution in [0.3, 0.4) is 0 Å². The molecule has 0 N–H and O–H groups in total. The number of nitrogens with zero attached hydrogens (tertiary/aromatic N) is 5. The monoisotopic (exact) mass is 405 g/mol. The van der Waals surface area contributed by atoms with E-state index in [1.54, 1.807) is 0 Å². The van der Waals surface area contributed by atoms with Crippen molar-refractivity contribution in [3.8, 4) is 0 Å². The Balaban J connectivity index is 1.41. The van der Waals surface area contributed by atoms with Gasteiger partial charge in [-0.15, -0.1) is 10.2 Å². The van der Waals surface area contributed by atoms with Crippen LogP contribution < -0.4 is 9.80 Å². The van der Waals surface area contributed by atoms with E-state index in [9.17, 15) is 12.8 Å². The average molecular weight is 405 g/mol. The summed E-state index contributed by atoms with van der Waals surface area (Å²) in [7, 11) is -3.83. The topological polar surface area (TPSA) is 69.6 Å². The molecule has 0 aliphatic carbocycles. The van der Waals surface area contributed by atoms with Gasteiger partial charge in [0, 0.05) is 39.3 Å². The van der Waals surface area contributed by atoms with E-state index in [1.165, 1.54) is 47.8 Å². The molecule has 0 amide bonds. The first-order valence-corrected chi connectivity index (χ1v) is 11.1. The number of sulfonamides is 1. The Labute approximate surface area is 164 Å². The van der Waals surface area contributed by atoms with Gasteiger partial charge in [-0.2, -0.15) is 4.31 Å². The smallest absolute Gasteiger partial charge is 0.246 e. The predicted molar refractivity (Wildman–Crippen MR) is 105 cm³/mol. The van der Waals surface area contributed by atoms with Gasteiger partial charge in [-0.1, -0.05) is 12.1 Å². The lowest BCUT2D eigenvalue weighted by atomic mass is 10.1. The molecule has 2 aliphatic rings. The highest BCUT2D eigenvalue weighted by Gasteiger charge is 2.30. The molecule has 150 valence electrons. The third-order valence-electron chi connectivity index (χ3n) is 5.33. The molecule has 2 fully saturated rings. The van der Waals surface area contributed by atoms with Crippen molar-refractivity contribution in [1.29, 1.82) is 0 Å². The lowest BCUT2D eigenvalue weighted by molar-refractivity contribution is 0.381. The fourth-order valence-electron chi connectivity index (χ4n) is 3.73. The first-order chi connectivity index (χ1) is 13.6. The Morgan fingerprint density at radius 1 is 0.750 bits per heavy atom. The Morgan fingerprint density at radius 2 is 1.32 bits per heavy atom. The molecule has 2 aromatic rings. The van der Waals surface area contributed by atoms with E-state index in [4.69, 9.17) is 0 Å². The lowest BCUT2D eigenvalue weighted by Gasteiger charge is -2.34. The van der Waals surface area contributed by atoms with Gasteiger partial charge in [0.1, 0.15) is 10.7 Å². The minimum Gasteiger partial charge on any atom is -0.355 e. The largest absolute Gasteiger partial charge is 0.355 e. The van der Waals surface area contributed by atoms with Crippen LogP contribution in [0.15, 0.2) is 41.3 Å². The van der Waals surface area contributed by atoms with Crippen molar-refractivity contribution >= 4 is 21.7 Å². The fourth-order valence-corrected chi connectivity index (χ4v) is 5.22.